The molecule has 0 atom stereocenters. The number of hydrogen-bond acceptors (Lipinski definition) is 2. The minimum atomic E-state index is -1.68. The molecule has 2 aromatic heterocycles. The molecule has 5 heteroatoms. The summed E-state index contributed by atoms with van der Waals surface area (Å²) >= 11 is 0. The van der Waals surface area contributed by atoms with Crippen LogP contribution in [0.5, 0.6) is 0 Å². The summed E-state index contributed by atoms with van der Waals surface area (Å²) in [7, 11) is -3.81. The predicted molar refractivity (Wildman–Crippen MR) is 149 cm³/mol. The second-order valence-corrected chi connectivity index (χ2v) is 23.4. The summed E-state index contributed by atoms with van der Waals surface area (Å²) in [4.78, 5) is 9.24. The number of nitrogens with zero attached hydrogens (tertiary/aromatic N) is 2. The summed E-state index contributed by atoms with van der Waals surface area (Å²) in [5.41, 5.74) is 2.75. The Morgan fingerprint density at radius 2 is 0.933 bits per heavy atom. The van der Waals surface area contributed by atoms with Gasteiger partial charge in [0, 0.05) is 0 Å². The summed E-state index contributed by atoms with van der Waals surface area (Å²) in [6, 6.07) is 4.65. The average Bonchev–Trinajstić information content (AvgIpc) is 2.71. The van der Waals surface area contributed by atoms with E-state index in [2.05, 4.69) is 110 Å². The van der Waals surface area contributed by atoms with Crippen LogP contribution in [-0.2, 0) is 0 Å². The molecule has 0 aliphatic heterocycles. The van der Waals surface area contributed by atoms with E-state index in [0.29, 0.717) is 22.6 Å². The van der Waals surface area contributed by atoms with Crippen LogP contribution in [0.1, 0.15) is 55.4 Å². The van der Waals surface area contributed by atoms with Gasteiger partial charge >= 0.3 is 189 Å². The molecule has 0 bridgehead atoms. The molecule has 2 nitrogen and oxygen atoms in total. The third-order valence-corrected chi connectivity index (χ3v) is 23.6. The Balaban J connectivity index is 2.73. The number of hydrogen-bond donors (Lipinski definition) is 0. The van der Waals surface area contributed by atoms with Gasteiger partial charge in [-0.2, -0.15) is 0 Å². The molecule has 0 amide bonds. The maximum atomic E-state index is 4.62. The van der Waals surface area contributed by atoms with Crippen LogP contribution >= 0.6 is 22.4 Å². The Labute approximate surface area is 188 Å². The van der Waals surface area contributed by atoms with Gasteiger partial charge in [-0.15, -0.1) is 0 Å². The van der Waals surface area contributed by atoms with Crippen LogP contribution in [0.3, 0.4) is 0 Å². The molecule has 0 aromatic carbocycles. The zero-order valence-corrected chi connectivity index (χ0v) is 24.0. The van der Waals surface area contributed by atoms with Crippen molar-refractivity contribution in [3.8, 4) is 0 Å². The van der Waals surface area contributed by atoms with Crippen LogP contribution in [-0.4, -0.2) is 52.6 Å². The van der Waals surface area contributed by atoms with Gasteiger partial charge in [0.15, 0.2) is 0 Å². The van der Waals surface area contributed by atoms with E-state index in [9.17, 15) is 0 Å². The van der Waals surface area contributed by atoms with Crippen LogP contribution in [0.4, 0.5) is 0 Å². The van der Waals surface area contributed by atoms with Crippen LogP contribution in [0, 0.1) is 0 Å². The van der Waals surface area contributed by atoms with Gasteiger partial charge in [0.1, 0.15) is 0 Å². The topological polar surface area (TPSA) is 25.8 Å². The molecule has 0 N–H and O–H groups in total. The van der Waals surface area contributed by atoms with Crippen molar-refractivity contribution in [2.75, 3.05) is 20.0 Å². The first-order valence-electron chi connectivity index (χ1n) is 11.5. The zero-order valence-electron chi connectivity index (χ0n) is 21.1. The fraction of sp³-hybridized carbons (Fsp3) is 0.600. The van der Waals surface area contributed by atoms with Crippen LogP contribution in [0.25, 0.3) is 0 Å². The van der Waals surface area contributed by atoms with Crippen LogP contribution in [0.2, 0.25) is 0 Å². The molecule has 0 saturated heterocycles. The van der Waals surface area contributed by atoms with Crippen molar-refractivity contribution in [1.29, 1.82) is 0 Å². The Hall–Kier alpha value is -0.410. The minimum absolute atomic E-state index is 0.451. The molecule has 30 heavy (non-hydrogen) atoms. The molecule has 0 saturated carbocycles. The normalized spacial score (nSPS) is 15.3. The molecule has 2 aromatic rings. The number of rotatable bonds is 8. The van der Waals surface area contributed by atoms with Gasteiger partial charge in [-0.25, -0.2) is 0 Å². The number of aromatic nitrogens is 2. The zero-order chi connectivity index (χ0) is 22.9. The van der Waals surface area contributed by atoms with Gasteiger partial charge in [0.05, 0.1) is 0 Å². The molecular formula is C25H45N2P3. The van der Waals surface area contributed by atoms with Crippen molar-refractivity contribution in [3.63, 3.8) is 0 Å². The molecule has 2 rings (SSSR count). The SMILES string of the molecule is CC(C)[PH](C)(c1cnccc1P(C)c1ccncc1[PH](C)(C(C)C)C(C)C)C(C)C. The van der Waals surface area contributed by atoms with Gasteiger partial charge in [0.2, 0.25) is 0 Å². The summed E-state index contributed by atoms with van der Waals surface area (Å²) < 4.78 is 0. The molecule has 0 unspecified atom stereocenters. The van der Waals surface area contributed by atoms with Crippen LogP contribution < -0.4 is 21.2 Å². The molecule has 170 valence electrons. The Bertz CT molecular complexity index is 760. The third kappa shape index (κ3) is 4.53. The first-order chi connectivity index (χ1) is 13.9. The molecule has 0 radical (unpaired) electrons. The quantitative estimate of drug-likeness (QED) is 0.501. The van der Waals surface area contributed by atoms with Crippen LogP contribution in [0.15, 0.2) is 36.9 Å². The van der Waals surface area contributed by atoms with E-state index in [4.69, 9.17) is 0 Å². The average molecular weight is 467 g/mol. The second-order valence-electron chi connectivity index (χ2n) is 10.5. The van der Waals surface area contributed by atoms with Gasteiger partial charge in [0.25, 0.3) is 0 Å². The van der Waals surface area contributed by atoms with E-state index in [0.717, 1.165) is 0 Å². The van der Waals surface area contributed by atoms with Gasteiger partial charge in [-0.1, -0.05) is 0 Å². The fourth-order valence-corrected chi connectivity index (χ4v) is 16.2. The van der Waals surface area contributed by atoms with Crippen molar-refractivity contribution in [3.05, 3.63) is 36.9 Å². The molecule has 0 aliphatic rings. The van der Waals surface area contributed by atoms with Crippen molar-refractivity contribution >= 4 is 43.7 Å². The summed E-state index contributed by atoms with van der Waals surface area (Å²) in [5, 5.41) is 6.24. The van der Waals surface area contributed by atoms with E-state index in [-0.39, 0.29) is 0 Å². The van der Waals surface area contributed by atoms with E-state index in [1.807, 2.05) is 12.4 Å². The monoisotopic (exact) mass is 466 g/mol. The Morgan fingerprint density at radius 1 is 0.633 bits per heavy atom. The predicted octanol–water partition coefficient (Wildman–Crippen LogP) is 5.18. The first-order valence-corrected chi connectivity index (χ1v) is 18.6. The molecular weight excluding hydrogens is 421 g/mol. The Morgan fingerprint density at radius 3 is 1.20 bits per heavy atom. The summed E-state index contributed by atoms with van der Waals surface area (Å²) in [5.74, 6) is 0. The van der Waals surface area contributed by atoms with Crippen molar-refractivity contribution in [1.82, 2.24) is 9.97 Å². The summed E-state index contributed by atoms with van der Waals surface area (Å²) in [6.07, 6.45) is 8.44. The fourth-order valence-electron chi connectivity index (χ4n) is 4.90. The van der Waals surface area contributed by atoms with E-state index in [1.165, 1.54) is 0 Å². The molecule has 0 aliphatic carbocycles. The van der Waals surface area contributed by atoms with Gasteiger partial charge < -0.3 is 0 Å². The van der Waals surface area contributed by atoms with E-state index in [1.54, 1.807) is 21.2 Å². The Kier molecular flexibility index (Phi) is 8.64. The van der Waals surface area contributed by atoms with E-state index >= 15 is 0 Å². The maximum absolute atomic E-state index is 4.62. The second kappa shape index (κ2) is 10.0. The first kappa shape index (κ1) is 25.8. The molecule has 0 spiro atoms. The van der Waals surface area contributed by atoms with Crippen molar-refractivity contribution in [2.45, 2.75) is 78.0 Å². The molecule has 0 fully saturated rings. The van der Waals surface area contributed by atoms with E-state index < -0.39 is 22.4 Å². The van der Waals surface area contributed by atoms with Gasteiger partial charge in [-0.3, -0.25) is 0 Å². The molecule has 2 heterocycles. The van der Waals surface area contributed by atoms with Crippen molar-refractivity contribution in [2.24, 2.45) is 0 Å². The summed E-state index contributed by atoms with van der Waals surface area (Å²) in [6.45, 7) is 26.9. The third-order valence-electron chi connectivity index (χ3n) is 8.28. The standard InChI is InChI=1S/C25H45N2P3/c1-18(2)29(10,19(3)4)24-16-26-14-12-22(24)28(9)23-13-15-27-17-25(23)30(11,20(5)6)21(7)8/h12-21,29-30H,1-11H3. The van der Waals surface area contributed by atoms with Gasteiger partial charge in [-0.05, 0) is 0 Å². The van der Waals surface area contributed by atoms with Crippen molar-refractivity contribution < 1.29 is 0 Å². The number of pyridine rings is 2.